The van der Waals surface area contributed by atoms with Crippen LogP contribution < -0.4 is 0 Å². The maximum absolute atomic E-state index is 11.2. The van der Waals surface area contributed by atoms with E-state index in [-0.39, 0.29) is 5.78 Å². The maximum atomic E-state index is 11.2. The Hall–Kier alpha value is -1.45. The molecule has 0 aliphatic heterocycles. The van der Waals surface area contributed by atoms with Crippen LogP contribution in [0.1, 0.15) is 64.2 Å². The van der Waals surface area contributed by atoms with Gasteiger partial charge in [0.25, 0.3) is 0 Å². The molecule has 0 aromatic carbocycles. The molecule has 0 aliphatic carbocycles. The van der Waals surface area contributed by atoms with E-state index in [2.05, 4.69) is 0 Å². The summed E-state index contributed by atoms with van der Waals surface area (Å²) in [4.78, 5) is 31.5. The third-order valence-electron chi connectivity index (χ3n) is 2.88. The lowest BCUT2D eigenvalue weighted by atomic mass is 10.1. The van der Waals surface area contributed by atoms with Crippen LogP contribution in [-0.4, -0.2) is 23.1 Å². The summed E-state index contributed by atoms with van der Waals surface area (Å²) in [6.45, 7) is 0. The number of rotatable bonds is 13. The Balaban J connectivity index is 3.20. The molecule has 4 heteroatoms. The first-order valence-corrected chi connectivity index (χ1v) is 7.01. The minimum absolute atomic E-state index is 0.186. The average molecular weight is 268 g/mol. The molecule has 19 heavy (non-hydrogen) atoms. The number of allylic oxidation sites excluding steroid dienone is 1. The van der Waals surface area contributed by atoms with E-state index in [4.69, 9.17) is 5.11 Å². The van der Waals surface area contributed by atoms with E-state index >= 15 is 0 Å². The van der Waals surface area contributed by atoms with Gasteiger partial charge in [-0.25, -0.2) is 4.79 Å². The summed E-state index contributed by atoms with van der Waals surface area (Å²) >= 11 is 0. The highest BCUT2D eigenvalue weighted by atomic mass is 16.4. The first kappa shape index (κ1) is 17.6. The molecule has 0 fully saturated rings. The van der Waals surface area contributed by atoms with Crippen molar-refractivity contribution in [2.75, 3.05) is 0 Å². The van der Waals surface area contributed by atoms with Crippen LogP contribution in [0.15, 0.2) is 12.2 Å². The first-order valence-electron chi connectivity index (χ1n) is 7.01. The lowest BCUT2D eigenvalue weighted by Gasteiger charge is -2.00. The highest BCUT2D eigenvalue weighted by Gasteiger charge is 2.00. The molecule has 0 atom stereocenters. The zero-order valence-corrected chi connectivity index (χ0v) is 11.5. The molecule has 0 saturated carbocycles. The Morgan fingerprint density at radius 2 is 1.47 bits per heavy atom. The Morgan fingerprint density at radius 3 is 2.11 bits per heavy atom. The first-order chi connectivity index (χ1) is 9.16. The molecule has 0 rings (SSSR count). The Morgan fingerprint density at radius 1 is 0.842 bits per heavy atom. The van der Waals surface area contributed by atoms with Crippen LogP contribution in [0.5, 0.6) is 0 Å². The summed E-state index contributed by atoms with van der Waals surface area (Å²) in [7, 11) is 0. The highest BCUT2D eigenvalue weighted by Crippen LogP contribution is 2.10. The van der Waals surface area contributed by atoms with Crippen molar-refractivity contribution in [1.29, 1.82) is 0 Å². The van der Waals surface area contributed by atoms with Crippen LogP contribution in [0.3, 0.4) is 0 Å². The van der Waals surface area contributed by atoms with E-state index in [1.54, 1.807) is 6.08 Å². The number of carbonyl (C=O) groups is 3. The van der Waals surface area contributed by atoms with Gasteiger partial charge in [0.2, 0.25) is 0 Å². The van der Waals surface area contributed by atoms with Crippen molar-refractivity contribution in [2.24, 2.45) is 0 Å². The molecule has 1 N–H and O–H groups in total. The summed E-state index contributed by atoms with van der Waals surface area (Å²) < 4.78 is 0. The van der Waals surface area contributed by atoms with E-state index in [1.165, 1.54) is 6.08 Å². The Bertz CT molecular complexity index is 295. The van der Waals surface area contributed by atoms with Gasteiger partial charge in [-0.3, -0.25) is 4.79 Å². The van der Waals surface area contributed by atoms with Gasteiger partial charge in [0.15, 0.2) is 0 Å². The molecular weight excluding hydrogens is 244 g/mol. The van der Waals surface area contributed by atoms with Crippen LogP contribution in [0.25, 0.3) is 0 Å². The van der Waals surface area contributed by atoms with Crippen molar-refractivity contribution in [1.82, 2.24) is 0 Å². The SMILES string of the molecule is O=CCCC(=O)CCCCCCCCC=CC(=O)O. The minimum Gasteiger partial charge on any atom is -0.478 e. The number of carbonyl (C=O) groups excluding carboxylic acids is 2. The summed E-state index contributed by atoms with van der Waals surface area (Å²) in [5.74, 6) is -0.704. The second kappa shape index (κ2) is 13.0. The Kier molecular flexibility index (Phi) is 12.0. The van der Waals surface area contributed by atoms with Crippen molar-refractivity contribution in [2.45, 2.75) is 64.2 Å². The zero-order chi connectivity index (χ0) is 14.3. The third kappa shape index (κ3) is 14.5. The number of Topliss-reactive ketones (excluding diaryl/α,β-unsaturated/α-hetero) is 1. The topological polar surface area (TPSA) is 71.4 Å². The van der Waals surface area contributed by atoms with E-state index < -0.39 is 5.97 Å². The predicted molar refractivity (Wildman–Crippen MR) is 74.0 cm³/mol. The molecule has 0 heterocycles. The van der Waals surface area contributed by atoms with Gasteiger partial charge in [-0.1, -0.05) is 31.8 Å². The number of unbranched alkanes of at least 4 members (excludes halogenated alkanes) is 6. The van der Waals surface area contributed by atoms with E-state index in [0.717, 1.165) is 51.2 Å². The molecular formula is C15H24O4. The predicted octanol–water partition coefficient (Wildman–Crippen LogP) is 3.30. The molecule has 0 aliphatic rings. The molecule has 0 saturated heterocycles. The quantitative estimate of drug-likeness (QED) is 0.316. The third-order valence-corrected chi connectivity index (χ3v) is 2.88. The van der Waals surface area contributed by atoms with Crippen molar-refractivity contribution in [3.05, 3.63) is 12.2 Å². The van der Waals surface area contributed by atoms with E-state index in [9.17, 15) is 14.4 Å². The standard InChI is InChI=1S/C15H24O4/c16-13-9-11-14(17)10-7-5-3-1-2-4-6-8-12-15(18)19/h8,12-13H,1-7,9-11H2,(H,18,19). The number of hydrogen-bond donors (Lipinski definition) is 1. The van der Waals surface area contributed by atoms with E-state index in [0.29, 0.717) is 19.3 Å². The molecule has 0 bridgehead atoms. The molecule has 0 unspecified atom stereocenters. The second-order valence-electron chi connectivity index (χ2n) is 4.64. The number of carboxylic acids is 1. The van der Waals surface area contributed by atoms with Gasteiger partial charge in [0, 0.05) is 25.3 Å². The summed E-state index contributed by atoms with van der Waals surface area (Å²) in [5, 5.41) is 8.38. The fraction of sp³-hybridized carbons (Fsp3) is 0.667. The number of hydrogen-bond acceptors (Lipinski definition) is 3. The van der Waals surface area contributed by atoms with Crippen LogP contribution in [0.4, 0.5) is 0 Å². The maximum Gasteiger partial charge on any atom is 0.327 e. The molecule has 0 aromatic heterocycles. The molecule has 0 spiro atoms. The van der Waals surface area contributed by atoms with Crippen molar-refractivity contribution in [3.63, 3.8) is 0 Å². The second-order valence-corrected chi connectivity index (χ2v) is 4.64. The van der Waals surface area contributed by atoms with Gasteiger partial charge in [-0.05, 0) is 19.3 Å². The molecule has 0 aromatic rings. The van der Waals surface area contributed by atoms with E-state index in [1.807, 2.05) is 0 Å². The number of aliphatic carboxylic acids is 1. The minimum atomic E-state index is -0.890. The fourth-order valence-corrected chi connectivity index (χ4v) is 1.82. The van der Waals surface area contributed by atoms with Gasteiger partial charge < -0.3 is 9.90 Å². The average Bonchev–Trinajstić information content (AvgIpc) is 2.38. The van der Waals surface area contributed by atoms with Crippen LogP contribution in [0, 0.1) is 0 Å². The van der Waals surface area contributed by atoms with Gasteiger partial charge in [0.05, 0.1) is 0 Å². The highest BCUT2D eigenvalue weighted by molar-refractivity contribution is 5.80. The lowest BCUT2D eigenvalue weighted by molar-refractivity contribution is -0.131. The normalized spacial score (nSPS) is 10.7. The molecule has 0 amide bonds. The van der Waals surface area contributed by atoms with Crippen LogP contribution in [0.2, 0.25) is 0 Å². The number of carboxylic acid groups (broad SMARTS) is 1. The fourth-order valence-electron chi connectivity index (χ4n) is 1.82. The largest absolute Gasteiger partial charge is 0.478 e. The zero-order valence-electron chi connectivity index (χ0n) is 11.5. The van der Waals surface area contributed by atoms with Crippen molar-refractivity contribution in [3.8, 4) is 0 Å². The summed E-state index contributed by atoms with van der Waals surface area (Å²) in [6.07, 6.45) is 12.1. The molecule has 0 radical (unpaired) electrons. The summed E-state index contributed by atoms with van der Waals surface area (Å²) in [5.41, 5.74) is 0. The van der Waals surface area contributed by atoms with Gasteiger partial charge in [-0.15, -0.1) is 0 Å². The lowest BCUT2D eigenvalue weighted by Crippen LogP contribution is -1.97. The monoisotopic (exact) mass is 268 g/mol. The van der Waals surface area contributed by atoms with Crippen LogP contribution >= 0.6 is 0 Å². The number of aldehydes is 1. The van der Waals surface area contributed by atoms with Crippen molar-refractivity contribution >= 4 is 18.0 Å². The van der Waals surface area contributed by atoms with Gasteiger partial charge in [-0.2, -0.15) is 0 Å². The van der Waals surface area contributed by atoms with Crippen LogP contribution in [-0.2, 0) is 14.4 Å². The number of ketones is 1. The van der Waals surface area contributed by atoms with Gasteiger partial charge in [0.1, 0.15) is 12.1 Å². The van der Waals surface area contributed by atoms with Gasteiger partial charge >= 0.3 is 5.97 Å². The smallest absolute Gasteiger partial charge is 0.327 e. The van der Waals surface area contributed by atoms with Crippen molar-refractivity contribution < 1.29 is 19.5 Å². The molecule has 4 nitrogen and oxygen atoms in total. The summed E-state index contributed by atoms with van der Waals surface area (Å²) in [6, 6.07) is 0. The Labute approximate surface area is 114 Å². The molecule has 108 valence electrons.